The molecule has 1 amide bonds. The summed E-state index contributed by atoms with van der Waals surface area (Å²) >= 11 is 3.37. The largest absolute Gasteiger partial charge is 0.507 e. The summed E-state index contributed by atoms with van der Waals surface area (Å²) in [4.78, 5) is 17.0. The third kappa shape index (κ3) is 4.22. The van der Waals surface area contributed by atoms with Gasteiger partial charge in [0.15, 0.2) is 0 Å². The van der Waals surface area contributed by atoms with E-state index in [9.17, 15) is 9.90 Å². The molecule has 0 aliphatic heterocycles. The van der Waals surface area contributed by atoms with Crippen LogP contribution in [0, 0.1) is 6.92 Å². The second-order valence-corrected chi connectivity index (χ2v) is 7.48. The Labute approximate surface area is 175 Å². The van der Waals surface area contributed by atoms with E-state index in [0.717, 1.165) is 21.0 Å². The van der Waals surface area contributed by atoms with Crippen molar-refractivity contribution in [2.24, 2.45) is 4.99 Å². The Kier molecular flexibility index (Phi) is 5.18. The van der Waals surface area contributed by atoms with E-state index in [1.807, 2.05) is 37.3 Å². The average Bonchev–Trinajstić information content (AvgIpc) is 3.10. The summed E-state index contributed by atoms with van der Waals surface area (Å²) < 4.78 is 6.50. The van der Waals surface area contributed by atoms with Gasteiger partial charge < -0.3 is 9.52 Å². The lowest BCUT2D eigenvalue weighted by Crippen LogP contribution is -2.12. The van der Waals surface area contributed by atoms with Crippen molar-refractivity contribution in [2.75, 3.05) is 5.32 Å². The van der Waals surface area contributed by atoms with Gasteiger partial charge >= 0.3 is 0 Å². The van der Waals surface area contributed by atoms with Crippen LogP contribution < -0.4 is 5.32 Å². The fraction of sp³-hybridized carbons (Fsp3) is 0.0435. The number of halogens is 1. The van der Waals surface area contributed by atoms with Gasteiger partial charge in [-0.05, 0) is 55.0 Å². The van der Waals surface area contributed by atoms with Crippen LogP contribution in [-0.2, 0) is 0 Å². The minimum atomic E-state index is -0.248. The molecule has 5 nitrogen and oxygen atoms in total. The number of nitrogens with zero attached hydrogens (tertiary/aromatic N) is 1. The number of phenols is 1. The van der Waals surface area contributed by atoms with Crippen LogP contribution in [0.5, 0.6) is 5.75 Å². The van der Waals surface area contributed by atoms with Crippen LogP contribution in [0.15, 0.2) is 80.6 Å². The number of phenolic OH excluding ortho intramolecular Hbond substituents is 1. The van der Waals surface area contributed by atoms with E-state index in [4.69, 9.17) is 4.42 Å². The molecule has 4 rings (SSSR count). The maximum Gasteiger partial charge on any atom is 0.258 e. The fourth-order valence-electron chi connectivity index (χ4n) is 2.98. The molecule has 0 fully saturated rings. The number of anilines is 1. The van der Waals surface area contributed by atoms with Gasteiger partial charge in [-0.2, -0.15) is 0 Å². The molecule has 144 valence electrons. The molecule has 0 radical (unpaired) electrons. The molecular weight excluding hydrogens is 432 g/mol. The van der Waals surface area contributed by atoms with Crippen LogP contribution in [0.1, 0.15) is 21.5 Å². The second kappa shape index (κ2) is 7.93. The predicted octanol–water partition coefficient (Wildman–Crippen LogP) is 6.21. The van der Waals surface area contributed by atoms with Gasteiger partial charge in [-0.25, -0.2) is 0 Å². The Morgan fingerprint density at radius 1 is 1.10 bits per heavy atom. The van der Waals surface area contributed by atoms with Crippen molar-refractivity contribution < 1.29 is 14.3 Å². The number of nitrogens with one attached hydrogen (secondary N) is 1. The van der Waals surface area contributed by atoms with Crippen molar-refractivity contribution in [1.82, 2.24) is 0 Å². The zero-order valence-corrected chi connectivity index (χ0v) is 17.1. The maximum atomic E-state index is 12.6. The highest BCUT2D eigenvalue weighted by atomic mass is 79.9. The molecule has 0 saturated carbocycles. The minimum Gasteiger partial charge on any atom is -0.507 e. The molecule has 0 aliphatic rings. The molecule has 0 atom stereocenters. The zero-order valence-electron chi connectivity index (χ0n) is 15.5. The number of fused-ring (bicyclic) bond motifs is 1. The van der Waals surface area contributed by atoms with Crippen LogP contribution in [-0.4, -0.2) is 17.2 Å². The highest BCUT2D eigenvalue weighted by Crippen LogP contribution is 2.25. The van der Waals surface area contributed by atoms with Crippen molar-refractivity contribution in [3.63, 3.8) is 0 Å². The lowest BCUT2D eigenvalue weighted by molar-refractivity contribution is 0.102. The van der Waals surface area contributed by atoms with Crippen molar-refractivity contribution in [2.45, 2.75) is 6.92 Å². The summed E-state index contributed by atoms with van der Waals surface area (Å²) in [6, 6.07) is 19.8. The lowest BCUT2D eigenvalue weighted by Gasteiger charge is -2.06. The molecular formula is C23H17BrN2O3. The van der Waals surface area contributed by atoms with Gasteiger partial charge in [-0.1, -0.05) is 34.1 Å². The molecule has 0 aliphatic carbocycles. The third-order valence-electron chi connectivity index (χ3n) is 4.46. The topological polar surface area (TPSA) is 74.8 Å². The predicted molar refractivity (Wildman–Crippen MR) is 118 cm³/mol. The number of hydrogen-bond acceptors (Lipinski definition) is 4. The lowest BCUT2D eigenvalue weighted by atomic mass is 10.1. The number of para-hydroxylation sites is 1. The Hall–Kier alpha value is -3.38. The normalized spacial score (nSPS) is 11.2. The van der Waals surface area contributed by atoms with Crippen LogP contribution >= 0.6 is 15.9 Å². The molecule has 4 aromatic rings. The Morgan fingerprint density at radius 3 is 2.72 bits per heavy atom. The number of aromatic hydroxyl groups is 1. The molecule has 29 heavy (non-hydrogen) atoms. The fourth-order valence-corrected chi connectivity index (χ4v) is 3.36. The Morgan fingerprint density at radius 2 is 1.93 bits per heavy atom. The molecule has 3 aromatic carbocycles. The van der Waals surface area contributed by atoms with Crippen molar-refractivity contribution in [3.05, 3.63) is 87.9 Å². The Bertz CT molecular complexity index is 1210. The number of aliphatic imine (C=N–C) groups is 1. The average molecular weight is 449 g/mol. The van der Waals surface area contributed by atoms with E-state index in [-0.39, 0.29) is 11.7 Å². The summed E-state index contributed by atoms with van der Waals surface area (Å²) in [6.45, 7) is 1.85. The standard InChI is InChI=1S/C23H17BrN2O3/c1-14-10-18(25-13-16-11-17(24)6-9-20(16)27)7-8-19(14)23(28)26-22-12-15-4-2-3-5-21(15)29-22/h2-13,27H,1H3,(H,26,28). The van der Waals surface area contributed by atoms with E-state index >= 15 is 0 Å². The summed E-state index contributed by atoms with van der Waals surface area (Å²) in [6.07, 6.45) is 1.59. The number of aryl methyl sites for hydroxylation is 1. The van der Waals surface area contributed by atoms with E-state index in [2.05, 4.69) is 26.2 Å². The summed E-state index contributed by atoms with van der Waals surface area (Å²) in [5, 5.41) is 13.6. The van der Waals surface area contributed by atoms with Crippen LogP contribution in [0.3, 0.4) is 0 Å². The highest BCUT2D eigenvalue weighted by Gasteiger charge is 2.12. The molecule has 0 bridgehead atoms. The Balaban J connectivity index is 1.52. The molecule has 0 spiro atoms. The molecule has 6 heteroatoms. The van der Waals surface area contributed by atoms with Gasteiger partial charge in [0, 0.05) is 33.3 Å². The van der Waals surface area contributed by atoms with E-state index in [1.54, 1.807) is 42.6 Å². The highest BCUT2D eigenvalue weighted by molar-refractivity contribution is 9.10. The number of benzene rings is 3. The SMILES string of the molecule is Cc1cc(N=Cc2cc(Br)ccc2O)ccc1C(=O)Nc1cc2ccccc2o1. The van der Waals surface area contributed by atoms with E-state index < -0.39 is 0 Å². The van der Waals surface area contributed by atoms with Crippen molar-refractivity contribution >= 4 is 50.6 Å². The van der Waals surface area contributed by atoms with Crippen LogP contribution in [0.25, 0.3) is 11.0 Å². The third-order valence-corrected chi connectivity index (χ3v) is 4.95. The molecule has 2 N–H and O–H groups in total. The number of rotatable bonds is 4. The van der Waals surface area contributed by atoms with Gasteiger partial charge in [-0.15, -0.1) is 0 Å². The van der Waals surface area contributed by atoms with E-state index in [0.29, 0.717) is 22.7 Å². The van der Waals surface area contributed by atoms with Crippen LogP contribution in [0.2, 0.25) is 0 Å². The maximum absolute atomic E-state index is 12.6. The minimum absolute atomic E-state index is 0.149. The van der Waals surface area contributed by atoms with Gasteiger partial charge in [0.05, 0.1) is 5.69 Å². The first-order chi connectivity index (χ1) is 14.0. The van der Waals surface area contributed by atoms with Crippen LogP contribution in [0.4, 0.5) is 11.6 Å². The molecule has 1 heterocycles. The first kappa shape index (κ1) is 19.0. The second-order valence-electron chi connectivity index (χ2n) is 6.56. The monoisotopic (exact) mass is 448 g/mol. The summed E-state index contributed by atoms with van der Waals surface area (Å²) in [5.74, 6) is 0.306. The summed E-state index contributed by atoms with van der Waals surface area (Å²) in [5.41, 5.74) is 3.33. The quantitative estimate of drug-likeness (QED) is 0.364. The molecule has 1 aromatic heterocycles. The number of carbonyl (C=O) groups excluding carboxylic acids is 1. The first-order valence-electron chi connectivity index (χ1n) is 8.93. The first-order valence-corrected chi connectivity index (χ1v) is 9.72. The van der Waals surface area contributed by atoms with Crippen molar-refractivity contribution in [1.29, 1.82) is 0 Å². The number of carbonyl (C=O) groups is 1. The number of hydrogen-bond donors (Lipinski definition) is 2. The molecule has 0 unspecified atom stereocenters. The van der Waals surface area contributed by atoms with Gasteiger partial charge in [0.2, 0.25) is 5.88 Å². The smallest absolute Gasteiger partial charge is 0.258 e. The number of amides is 1. The summed E-state index contributed by atoms with van der Waals surface area (Å²) in [7, 11) is 0. The van der Waals surface area contributed by atoms with Gasteiger partial charge in [0.1, 0.15) is 11.3 Å². The zero-order chi connectivity index (χ0) is 20.4. The van der Waals surface area contributed by atoms with E-state index in [1.165, 1.54) is 0 Å². The van der Waals surface area contributed by atoms with Gasteiger partial charge in [0.25, 0.3) is 5.91 Å². The van der Waals surface area contributed by atoms with Crippen molar-refractivity contribution in [3.8, 4) is 5.75 Å². The molecule has 0 saturated heterocycles. The number of furan rings is 1. The van der Waals surface area contributed by atoms with Gasteiger partial charge in [-0.3, -0.25) is 15.1 Å².